The Kier molecular flexibility index (Phi) is 5.43. The SMILES string of the molecule is NCC1CCCCC1COc1cccc(Br)c1C(N)=O. The first-order valence-electron chi connectivity index (χ1n) is 7.04. The van der Waals surface area contributed by atoms with Gasteiger partial charge in [-0.1, -0.05) is 18.9 Å². The Morgan fingerprint density at radius 2 is 2.00 bits per heavy atom. The van der Waals surface area contributed by atoms with Crippen LogP contribution in [0.5, 0.6) is 5.75 Å². The smallest absolute Gasteiger partial charge is 0.253 e. The van der Waals surface area contributed by atoms with Crippen molar-refractivity contribution in [2.45, 2.75) is 25.7 Å². The van der Waals surface area contributed by atoms with Crippen LogP contribution in [-0.2, 0) is 0 Å². The number of amides is 1. The van der Waals surface area contributed by atoms with E-state index >= 15 is 0 Å². The molecule has 2 rings (SSSR count). The Hall–Kier alpha value is -1.07. The number of carbonyl (C=O) groups is 1. The van der Waals surface area contributed by atoms with Crippen LogP contribution >= 0.6 is 15.9 Å². The summed E-state index contributed by atoms with van der Waals surface area (Å²) in [7, 11) is 0. The molecule has 0 spiro atoms. The minimum atomic E-state index is -0.480. The normalized spacial score (nSPS) is 22.5. The average molecular weight is 341 g/mol. The fourth-order valence-corrected chi connectivity index (χ4v) is 3.42. The molecular weight excluding hydrogens is 320 g/mol. The molecule has 0 heterocycles. The van der Waals surface area contributed by atoms with Gasteiger partial charge in [-0.2, -0.15) is 0 Å². The van der Waals surface area contributed by atoms with Gasteiger partial charge in [0.2, 0.25) is 0 Å². The first-order valence-corrected chi connectivity index (χ1v) is 7.84. The number of hydrogen-bond acceptors (Lipinski definition) is 3. The van der Waals surface area contributed by atoms with Gasteiger partial charge in [0, 0.05) is 4.47 Å². The lowest BCUT2D eigenvalue weighted by Gasteiger charge is -2.30. The summed E-state index contributed by atoms with van der Waals surface area (Å²) >= 11 is 3.34. The highest BCUT2D eigenvalue weighted by Crippen LogP contribution is 2.31. The standard InChI is InChI=1S/C15H21BrN2O2/c16-12-6-3-7-13(14(12)15(18)19)20-9-11-5-2-1-4-10(11)8-17/h3,6-7,10-11H,1-2,4-5,8-9,17H2,(H2,18,19). The molecule has 5 heteroatoms. The maximum Gasteiger partial charge on any atom is 0.253 e. The summed E-state index contributed by atoms with van der Waals surface area (Å²) in [5.74, 6) is 1.06. The number of primary amides is 1. The van der Waals surface area contributed by atoms with Crippen molar-refractivity contribution in [3.63, 3.8) is 0 Å². The van der Waals surface area contributed by atoms with Crippen LogP contribution in [-0.4, -0.2) is 19.1 Å². The molecule has 1 amide bonds. The van der Waals surface area contributed by atoms with Crippen molar-refractivity contribution in [3.8, 4) is 5.75 Å². The maximum atomic E-state index is 11.5. The van der Waals surface area contributed by atoms with E-state index < -0.39 is 5.91 Å². The van der Waals surface area contributed by atoms with Gasteiger partial charge in [0.1, 0.15) is 5.75 Å². The quantitative estimate of drug-likeness (QED) is 0.864. The molecule has 1 aromatic carbocycles. The van der Waals surface area contributed by atoms with E-state index in [4.69, 9.17) is 16.2 Å². The van der Waals surface area contributed by atoms with Crippen molar-refractivity contribution in [2.75, 3.05) is 13.2 Å². The van der Waals surface area contributed by atoms with Crippen LogP contribution in [0.3, 0.4) is 0 Å². The number of ether oxygens (including phenoxy) is 1. The summed E-state index contributed by atoms with van der Waals surface area (Å²) in [6.45, 7) is 1.30. The van der Waals surface area contributed by atoms with Crippen LogP contribution in [0.4, 0.5) is 0 Å². The predicted molar refractivity (Wildman–Crippen MR) is 82.7 cm³/mol. The van der Waals surface area contributed by atoms with Crippen LogP contribution < -0.4 is 16.2 Å². The topological polar surface area (TPSA) is 78.3 Å². The zero-order chi connectivity index (χ0) is 14.5. The third-order valence-electron chi connectivity index (χ3n) is 4.04. The zero-order valence-corrected chi connectivity index (χ0v) is 13.1. The van der Waals surface area contributed by atoms with Crippen LogP contribution in [0.2, 0.25) is 0 Å². The van der Waals surface area contributed by atoms with Crippen LogP contribution in [0, 0.1) is 11.8 Å². The van der Waals surface area contributed by atoms with Gasteiger partial charge in [-0.05, 0) is 59.3 Å². The van der Waals surface area contributed by atoms with Crippen molar-refractivity contribution in [1.29, 1.82) is 0 Å². The van der Waals surface area contributed by atoms with E-state index in [2.05, 4.69) is 15.9 Å². The predicted octanol–water partition coefficient (Wildman–Crippen LogP) is 2.69. The second-order valence-corrected chi connectivity index (χ2v) is 6.18. The molecule has 0 radical (unpaired) electrons. The Bertz CT molecular complexity index is 479. The van der Waals surface area contributed by atoms with Crippen molar-refractivity contribution in [1.82, 2.24) is 0 Å². The minimum Gasteiger partial charge on any atom is -0.492 e. The summed E-state index contributed by atoms with van der Waals surface area (Å²) in [6, 6.07) is 5.41. The lowest BCUT2D eigenvalue weighted by Crippen LogP contribution is -2.31. The van der Waals surface area contributed by atoms with Gasteiger partial charge in [0.05, 0.1) is 12.2 Å². The summed E-state index contributed by atoms with van der Waals surface area (Å²) in [5.41, 5.74) is 11.6. The molecule has 20 heavy (non-hydrogen) atoms. The molecule has 4 N–H and O–H groups in total. The summed E-state index contributed by atoms with van der Waals surface area (Å²) in [4.78, 5) is 11.5. The molecule has 0 saturated heterocycles. The molecule has 1 aliphatic rings. The number of carbonyl (C=O) groups excluding carboxylic acids is 1. The van der Waals surface area contributed by atoms with E-state index in [1.54, 1.807) is 12.1 Å². The van der Waals surface area contributed by atoms with Gasteiger partial charge in [-0.25, -0.2) is 0 Å². The molecule has 4 nitrogen and oxygen atoms in total. The Morgan fingerprint density at radius 3 is 2.65 bits per heavy atom. The van der Waals surface area contributed by atoms with E-state index in [9.17, 15) is 4.79 Å². The number of rotatable bonds is 5. The zero-order valence-electron chi connectivity index (χ0n) is 11.5. The molecule has 2 atom stereocenters. The maximum absolute atomic E-state index is 11.5. The van der Waals surface area contributed by atoms with Crippen molar-refractivity contribution >= 4 is 21.8 Å². The summed E-state index contributed by atoms with van der Waals surface area (Å²) in [6.07, 6.45) is 4.79. The monoisotopic (exact) mass is 340 g/mol. The highest BCUT2D eigenvalue weighted by molar-refractivity contribution is 9.10. The first-order chi connectivity index (χ1) is 9.63. The fraction of sp³-hybridized carbons (Fsp3) is 0.533. The summed E-state index contributed by atoms with van der Waals surface area (Å²) in [5, 5.41) is 0. The third-order valence-corrected chi connectivity index (χ3v) is 4.70. The average Bonchev–Trinajstić information content (AvgIpc) is 2.45. The largest absolute Gasteiger partial charge is 0.492 e. The second kappa shape index (κ2) is 7.09. The van der Waals surface area contributed by atoms with Crippen LogP contribution in [0.15, 0.2) is 22.7 Å². The van der Waals surface area contributed by atoms with Crippen molar-refractivity contribution in [3.05, 3.63) is 28.2 Å². The van der Waals surface area contributed by atoms with Gasteiger partial charge in [0.15, 0.2) is 0 Å². The van der Waals surface area contributed by atoms with Gasteiger partial charge in [-0.15, -0.1) is 0 Å². The lowest BCUT2D eigenvalue weighted by molar-refractivity contribution is 0.0991. The van der Waals surface area contributed by atoms with Gasteiger partial charge in [0.25, 0.3) is 5.91 Å². The Balaban J connectivity index is 2.07. The van der Waals surface area contributed by atoms with Gasteiger partial charge in [-0.3, -0.25) is 4.79 Å². The van der Waals surface area contributed by atoms with E-state index in [0.29, 0.717) is 40.8 Å². The molecule has 1 saturated carbocycles. The van der Waals surface area contributed by atoms with Crippen molar-refractivity contribution < 1.29 is 9.53 Å². The first kappa shape index (κ1) is 15.3. The van der Waals surface area contributed by atoms with Crippen LogP contribution in [0.25, 0.3) is 0 Å². The minimum absolute atomic E-state index is 0.410. The molecule has 0 bridgehead atoms. The van der Waals surface area contributed by atoms with E-state index in [-0.39, 0.29) is 0 Å². The van der Waals surface area contributed by atoms with E-state index in [1.165, 1.54) is 19.3 Å². The molecule has 0 aromatic heterocycles. The number of benzene rings is 1. The lowest BCUT2D eigenvalue weighted by atomic mass is 9.80. The molecule has 2 unspecified atom stereocenters. The number of hydrogen-bond donors (Lipinski definition) is 2. The summed E-state index contributed by atoms with van der Waals surface area (Å²) < 4.78 is 6.53. The third kappa shape index (κ3) is 3.52. The second-order valence-electron chi connectivity index (χ2n) is 5.33. The molecule has 1 aliphatic carbocycles. The molecular formula is C15H21BrN2O2. The fourth-order valence-electron chi connectivity index (χ4n) is 2.87. The molecule has 110 valence electrons. The van der Waals surface area contributed by atoms with E-state index in [1.807, 2.05) is 6.07 Å². The van der Waals surface area contributed by atoms with Gasteiger partial charge < -0.3 is 16.2 Å². The number of nitrogens with two attached hydrogens (primary N) is 2. The Labute approximate surface area is 128 Å². The van der Waals surface area contributed by atoms with Crippen LogP contribution in [0.1, 0.15) is 36.0 Å². The van der Waals surface area contributed by atoms with E-state index in [0.717, 1.165) is 6.42 Å². The highest BCUT2D eigenvalue weighted by Gasteiger charge is 2.25. The Morgan fingerprint density at radius 1 is 1.30 bits per heavy atom. The molecule has 1 aromatic rings. The van der Waals surface area contributed by atoms with Crippen molar-refractivity contribution in [2.24, 2.45) is 23.3 Å². The van der Waals surface area contributed by atoms with Gasteiger partial charge >= 0.3 is 0 Å². The molecule has 0 aliphatic heterocycles. The highest BCUT2D eigenvalue weighted by atomic mass is 79.9. The molecule has 1 fully saturated rings. The number of halogens is 1.